The van der Waals surface area contributed by atoms with Crippen molar-refractivity contribution >= 4 is 5.97 Å². The van der Waals surface area contributed by atoms with Gasteiger partial charge in [-0.3, -0.25) is 4.79 Å². The first kappa shape index (κ1) is 13.7. The van der Waals surface area contributed by atoms with E-state index in [1.54, 1.807) is 0 Å². The van der Waals surface area contributed by atoms with Gasteiger partial charge in [-0.1, -0.05) is 6.07 Å². The van der Waals surface area contributed by atoms with E-state index in [1.165, 1.54) is 18.2 Å². The Morgan fingerprint density at radius 3 is 2.75 bits per heavy atom. The number of carboxylic acids is 1. The molecule has 0 fully saturated rings. The average molecular weight is 282 g/mol. The number of aromatic nitrogens is 2. The highest BCUT2D eigenvalue weighted by Crippen LogP contribution is 2.17. The fraction of sp³-hybridized carbons (Fsp3) is 0.0833. The summed E-state index contributed by atoms with van der Waals surface area (Å²) in [5.74, 6) is -1.56. The summed E-state index contributed by atoms with van der Waals surface area (Å²) in [5.41, 5.74) is -1.22. The van der Waals surface area contributed by atoms with Crippen molar-refractivity contribution in [3.05, 3.63) is 52.4 Å². The van der Waals surface area contributed by atoms with Gasteiger partial charge in [0.05, 0.1) is 5.69 Å². The molecule has 1 aromatic heterocycles. The van der Waals surface area contributed by atoms with Gasteiger partial charge < -0.3 is 9.84 Å². The summed E-state index contributed by atoms with van der Waals surface area (Å²) in [6.45, 7) is -3.00. The number of alkyl halides is 2. The van der Waals surface area contributed by atoms with Crippen LogP contribution in [-0.2, 0) is 0 Å². The fourth-order valence-electron chi connectivity index (χ4n) is 1.55. The summed E-state index contributed by atoms with van der Waals surface area (Å²) in [6, 6.07) is 6.29. The summed E-state index contributed by atoms with van der Waals surface area (Å²) in [7, 11) is 0. The lowest BCUT2D eigenvalue weighted by Gasteiger charge is -2.08. The molecule has 0 bridgehead atoms. The predicted octanol–water partition coefficient (Wildman–Crippen LogP) is 1.53. The second kappa shape index (κ2) is 5.47. The van der Waals surface area contributed by atoms with E-state index in [-0.39, 0.29) is 11.4 Å². The lowest BCUT2D eigenvalue weighted by molar-refractivity contribution is -0.0498. The highest BCUT2D eigenvalue weighted by molar-refractivity contribution is 5.86. The minimum atomic E-state index is -3.00. The van der Waals surface area contributed by atoms with E-state index >= 15 is 0 Å². The first-order valence-electron chi connectivity index (χ1n) is 5.36. The molecule has 2 aromatic rings. The Morgan fingerprint density at radius 2 is 2.10 bits per heavy atom. The first-order valence-corrected chi connectivity index (χ1v) is 5.36. The van der Waals surface area contributed by atoms with E-state index in [9.17, 15) is 18.4 Å². The molecule has 0 unspecified atom stereocenters. The van der Waals surface area contributed by atoms with Crippen LogP contribution in [0.5, 0.6) is 5.75 Å². The molecule has 20 heavy (non-hydrogen) atoms. The molecule has 104 valence electrons. The molecule has 0 atom stereocenters. The van der Waals surface area contributed by atoms with Crippen molar-refractivity contribution in [3.8, 4) is 11.4 Å². The van der Waals surface area contributed by atoms with Crippen LogP contribution >= 0.6 is 0 Å². The summed E-state index contributed by atoms with van der Waals surface area (Å²) in [5, 5.41) is 12.6. The zero-order valence-corrected chi connectivity index (χ0v) is 9.86. The van der Waals surface area contributed by atoms with Crippen LogP contribution in [0.25, 0.3) is 5.69 Å². The highest BCUT2D eigenvalue weighted by atomic mass is 19.3. The Labute approximate surface area is 110 Å². The van der Waals surface area contributed by atoms with Gasteiger partial charge in [-0.2, -0.15) is 18.6 Å². The molecule has 1 aromatic carbocycles. The van der Waals surface area contributed by atoms with Crippen molar-refractivity contribution in [2.75, 3.05) is 0 Å². The normalized spacial score (nSPS) is 10.6. The van der Waals surface area contributed by atoms with E-state index in [4.69, 9.17) is 5.11 Å². The van der Waals surface area contributed by atoms with Gasteiger partial charge in [-0.25, -0.2) is 4.79 Å². The second-order valence-corrected chi connectivity index (χ2v) is 3.64. The first-order chi connectivity index (χ1) is 9.49. The lowest BCUT2D eigenvalue weighted by atomic mass is 10.2. The Bertz CT molecular complexity index is 700. The molecule has 0 spiro atoms. The SMILES string of the molecule is O=C(O)c1ccnn(-c2cccc(OC(F)F)c2)c1=O. The number of ether oxygens (including phenoxy) is 1. The van der Waals surface area contributed by atoms with Crippen molar-refractivity contribution in [1.82, 2.24) is 9.78 Å². The number of aromatic carboxylic acids is 1. The summed E-state index contributed by atoms with van der Waals surface area (Å²) in [6.07, 6.45) is 1.13. The van der Waals surface area contributed by atoms with Crippen LogP contribution in [0.3, 0.4) is 0 Å². The third-order valence-electron chi connectivity index (χ3n) is 2.36. The van der Waals surface area contributed by atoms with Crippen LogP contribution in [0.1, 0.15) is 10.4 Å². The second-order valence-electron chi connectivity index (χ2n) is 3.64. The molecule has 0 aliphatic heterocycles. The van der Waals surface area contributed by atoms with Crippen LogP contribution in [0, 0.1) is 0 Å². The van der Waals surface area contributed by atoms with Gasteiger partial charge >= 0.3 is 12.6 Å². The summed E-state index contributed by atoms with van der Waals surface area (Å²) >= 11 is 0. The molecule has 1 heterocycles. The summed E-state index contributed by atoms with van der Waals surface area (Å²) in [4.78, 5) is 22.7. The number of hydrogen-bond acceptors (Lipinski definition) is 4. The molecular formula is C12H8F2N2O4. The molecule has 2 rings (SSSR count). The smallest absolute Gasteiger partial charge is 0.387 e. The van der Waals surface area contributed by atoms with Gasteiger partial charge in [0.15, 0.2) is 0 Å². The van der Waals surface area contributed by atoms with Crippen molar-refractivity contribution in [2.24, 2.45) is 0 Å². The van der Waals surface area contributed by atoms with E-state index < -0.39 is 23.7 Å². The highest BCUT2D eigenvalue weighted by Gasteiger charge is 2.13. The van der Waals surface area contributed by atoms with E-state index in [0.29, 0.717) is 0 Å². The van der Waals surface area contributed by atoms with Gasteiger partial charge in [-0.05, 0) is 18.2 Å². The van der Waals surface area contributed by atoms with Gasteiger partial charge in [0.2, 0.25) is 0 Å². The van der Waals surface area contributed by atoms with Gasteiger partial charge in [0.25, 0.3) is 5.56 Å². The molecule has 8 heteroatoms. The number of rotatable bonds is 4. The van der Waals surface area contributed by atoms with Crippen molar-refractivity contribution in [2.45, 2.75) is 6.61 Å². The van der Waals surface area contributed by atoms with E-state index in [0.717, 1.165) is 23.0 Å². The Kier molecular flexibility index (Phi) is 3.74. The molecule has 0 aliphatic carbocycles. The summed E-state index contributed by atoms with van der Waals surface area (Å²) < 4.78 is 29.2. The van der Waals surface area contributed by atoms with Gasteiger partial charge in [0, 0.05) is 12.3 Å². The largest absolute Gasteiger partial charge is 0.477 e. The minimum absolute atomic E-state index is 0.122. The molecule has 0 radical (unpaired) electrons. The number of halogens is 2. The Balaban J connectivity index is 2.49. The van der Waals surface area contributed by atoms with Crippen molar-refractivity contribution < 1.29 is 23.4 Å². The minimum Gasteiger partial charge on any atom is -0.477 e. The standard InChI is InChI=1S/C12H8F2N2O4/c13-12(14)20-8-3-1-2-7(6-8)16-10(17)9(11(18)19)4-5-15-16/h1-6,12H,(H,18,19). The predicted molar refractivity (Wildman–Crippen MR) is 63.4 cm³/mol. The zero-order valence-electron chi connectivity index (χ0n) is 9.86. The maximum absolute atomic E-state index is 12.1. The number of hydrogen-bond donors (Lipinski definition) is 1. The number of carbonyl (C=O) groups is 1. The maximum Gasteiger partial charge on any atom is 0.387 e. The average Bonchev–Trinajstić information content (AvgIpc) is 2.38. The quantitative estimate of drug-likeness (QED) is 0.919. The molecule has 0 aliphatic rings. The zero-order chi connectivity index (χ0) is 14.7. The molecule has 1 N–H and O–H groups in total. The van der Waals surface area contributed by atoms with E-state index in [2.05, 4.69) is 9.84 Å². The fourth-order valence-corrected chi connectivity index (χ4v) is 1.55. The van der Waals surface area contributed by atoms with Crippen LogP contribution in [0.2, 0.25) is 0 Å². The molecule has 6 nitrogen and oxygen atoms in total. The monoisotopic (exact) mass is 282 g/mol. The van der Waals surface area contributed by atoms with Crippen molar-refractivity contribution in [1.29, 1.82) is 0 Å². The van der Waals surface area contributed by atoms with Crippen LogP contribution in [0.15, 0.2) is 41.3 Å². The molecule has 0 saturated heterocycles. The molecule has 0 amide bonds. The van der Waals surface area contributed by atoms with Gasteiger partial charge in [-0.15, -0.1) is 0 Å². The van der Waals surface area contributed by atoms with Crippen LogP contribution in [-0.4, -0.2) is 27.5 Å². The maximum atomic E-state index is 12.1. The third kappa shape index (κ3) is 2.79. The number of carboxylic acid groups (broad SMARTS) is 1. The number of benzene rings is 1. The molecular weight excluding hydrogens is 274 g/mol. The van der Waals surface area contributed by atoms with Crippen molar-refractivity contribution in [3.63, 3.8) is 0 Å². The Hall–Kier alpha value is -2.77. The van der Waals surface area contributed by atoms with E-state index in [1.807, 2.05) is 0 Å². The van der Waals surface area contributed by atoms with Crippen LogP contribution < -0.4 is 10.3 Å². The Morgan fingerprint density at radius 1 is 1.35 bits per heavy atom. The topological polar surface area (TPSA) is 81.4 Å². The lowest BCUT2D eigenvalue weighted by Crippen LogP contribution is -2.26. The number of nitrogens with zero attached hydrogens (tertiary/aromatic N) is 2. The van der Waals surface area contributed by atoms with Gasteiger partial charge in [0.1, 0.15) is 11.3 Å². The third-order valence-corrected chi connectivity index (χ3v) is 2.36. The molecule has 0 saturated carbocycles. The van der Waals surface area contributed by atoms with Crippen LogP contribution in [0.4, 0.5) is 8.78 Å².